The molecule has 0 aliphatic rings. The molecule has 1 N–H and O–H groups in total. The average Bonchev–Trinajstić information content (AvgIpc) is 3.19. The molecule has 1 aromatic carbocycles. The Hall–Kier alpha value is -3.13. The number of nitrogens with one attached hydrogen (secondary N) is 1. The van der Waals surface area contributed by atoms with Gasteiger partial charge in [-0.25, -0.2) is 9.36 Å². The first-order chi connectivity index (χ1) is 13.0. The molecule has 8 nitrogen and oxygen atoms in total. The van der Waals surface area contributed by atoms with Crippen LogP contribution in [-0.2, 0) is 11.3 Å². The van der Waals surface area contributed by atoms with Crippen LogP contribution in [0.5, 0.6) is 5.75 Å². The number of ether oxygens (including phenoxy) is 1. The van der Waals surface area contributed by atoms with Crippen molar-refractivity contribution < 1.29 is 9.53 Å². The fraction of sp³-hybridized carbons (Fsp3) is 0.222. The monoisotopic (exact) mass is 387 g/mol. The van der Waals surface area contributed by atoms with Crippen molar-refractivity contribution >= 4 is 17.5 Å². The molecule has 3 aromatic rings. The van der Waals surface area contributed by atoms with Crippen LogP contribution in [0.1, 0.15) is 6.92 Å². The number of hydrogen-bond acceptors (Lipinski definition) is 5. The van der Waals surface area contributed by atoms with Gasteiger partial charge in [-0.15, -0.1) is 5.10 Å². The maximum Gasteiger partial charge on any atom is 0.266 e. The van der Waals surface area contributed by atoms with Crippen LogP contribution in [0.2, 0.25) is 5.02 Å². The second kappa shape index (κ2) is 8.50. The van der Waals surface area contributed by atoms with Gasteiger partial charge in [-0.2, -0.15) is 5.10 Å². The molecule has 0 saturated carbocycles. The zero-order valence-corrected chi connectivity index (χ0v) is 15.3. The van der Waals surface area contributed by atoms with E-state index in [1.54, 1.807) is 60.4 Å². The zero-order chi connectivity index (χ0) is 19.2. The number of carbonyl (C=O) groups excluding carboxylic acids is 1. The highest BCUT2D eigenvalue weighted by Gasteiger charge is 2.15. The molecule has 0 bridgehead atoms. The molecule has 27 heavy (non-hydrogen) atoms. The van der Waals surface area contributed by atoms with Gasteiger partial charge in [0.2, 0.25) is 0 Å². The molecule has 1 atom stereocenters. The summed E-state index contributed by atoms with van der Waals surface area (Å²) in [6, 6.07) is 11.7. The molecule has 2 aromatic heterocycles. The lowest BCUT2D eigenvalue weighted by atomic mass is 10.3. The summed E-state index contributed by atoms with van der Waals surface area (Å²) >= 11 is 6.02. The van der Waals surface area contributed by atoms with Gasteiger partial charge < -0.3 is 10.1 Å². The summed E-state index contributed by atoms with van der Waals surface area (Å²) in [5.74, 6) is 0.638. The Labute approximate surface area is 160 Å². The molecule has 3 rings (SSSR count). The number of aromatic nitrogens is 4. The number of para-hydroxylation sites is 1. The number of hydrogen-bond donors (Lipinski definition) is 1. The van der Waals surface area contributed by atoms with Crippen molar-refractivity contribution in [3.8, 4) is 11.6 Å². The minimum absolute atomic E-state index is 0.221. The predicted molar refractivity (Wildman–Crippen MR) is 100 cm³/mol. The first-order valence-corrected chi connectivity index (χ1v) is 8.69. The Morgan fingerprint density at radius 3 is 2.81 bits per heavy atom. The third kappa shape index (κ3) is 4.73. The van der Waals surface area contributed by atoms with Crippen LogP contribution in [0, 0.1) is 0 Å². The van der Waals surface area contributed by atoms with E-state index in [2.05, 4.69) is 15.5 Å². The highest BCUT2D eigenvalue weighted by atomic mass is 35.5. The van der Waals surface area contributed by atoms with Gasteiger partial charge in [0.15, 0.2) is 11.9 Å². The van der Waals surface area contributed by atoms with Gasteiger partial charge >= 0.3 is 0 Å². The first kappa shape index (κ1) is 18.7. The van der Waals surface area contributed by atoms with Crippen LogP contribution >= 0.6 is 11.6 Å². The second-order valence-electron chi connectivity index (χ2n) is 5.69. The Bertz CT molecular complexity index is 971. The van der Waals surface area contributed by atoms with Crippen molar-refractivity contribution in [2.24, 2.45) is 0 Å². The Kier molecular flexibility index (Phi) is 5.87. The molecule has 2 heterocycles. The van der Waals surface area contributed by atoms with E-state index in [0.29, 0.717) is 16.6 Å². The Morgan fingerprint density at radius 2 is 2.07 bits per heavy atom. The molecule has 0 spiro atoms. The summed E-state index contributed by atoms with van der Waals surface area (Å²) in [5, 5.41) is 11.5. The lowest BCUT2D eigenvalue weighted by Gasteiger charge is -2.15. The first-order valence-electron chi connectivity index (χ1n) is 8.31. The SMILES string of the molecule is CC(Oc1ccccc1Cl)C(=O)NCCn1nc(-n2cccn2)ccc1=O. The number of benzene rings is 1. The quantitative estimate of drug-likeness (QED) is 0.665. The van der Waals surface area contributed by atoms with Crippen molar-refractivity contribution in [3.63, 3.8) is 0 Å². The zero-order valence-electron chi connectivity index (χ0n) is 14.6. The van der Waals surface area contributed by atoms with E-state index in [-0.39, 0.29) is 24.6 Å². The molecule has 0 aliphatic carbocycles. The fourth-order valence-corrected chi connectivity index (χ4v) is 2.52. The van der Waals surface area contributed by atoms with Gasteiger partial charge in [-0.1, -0.05) is 23.7 Å². The Morgan fingerprint density at radius 1 is 1.26 bits per heavy atom. The summed E-state index contributed by atoms with van der Waals surface area (Å²) in [7, 11) is 0. The van der Waals surface area contributed by atoms with Crippen molar-refractivity contribution in [2.75, 3.05) is 6.54 Å². The van der Waals surface area contributed by atoms with Crippen LogP contribution in [-0.4, -0.2) is 38.1 Å². The second-order valence-corrected chi connectivity index (χ2v) is 6.09. The third-order valence-corrected chi connectivity index (χ3v) is 4.04. The van der Waals surface area contributed by atoms with Crippen molar-refractivity contribution in [1.29, 1.82) is 0 Å². The average molecular weight is 388 g/mol. The highest BCUT2D eigenvalue weighted by Crippen LogP contribution is 2.24. The smallest absolute Gasteiger partial charge is 0.266 e. The van der Waals surface area contributed by atoms with Crippen LogP contribution < -0.4 is 15.6 Å². The number of rotatable bonds is 7. The standard InChI is InChI=1S/C18H18ClN5O3/c1-13(27-15-6-3-2-5-14(15)19)18(26)20-10-12-24-17(25)8-7-16(22-24)23-11-4-9-21-23/h2-9,11,13H,10,12H2,1H3,(H,20,26). The van der Waals surface area contributed by atoms with Gasteiger partial charge in [0.1, 0.15) is 5.75 Å². The number of nitrogens with zero attached hydrogens (tertiary/aromatic N) is 4. The third-order valence-electron chi connectivity index (χ3n) is 3.72. The molecule has 140 valence electrons. The maximum atomic E-state index is 12.2. The number of amides is 1. The van der Waals surface area contributed by atoms with Crippen molar-refractivity contribution in [2.45, 2.75) is 19.6 Å². The normalized spacial score (nSPS) is 11.8. The Balaban J connectivity index is 1.56. The minimum atomic E-state index is -0.731. The van der Waals surface area contributed by atoms with Crippen LogP contribution in [0.3, 0.4) is 0 Å². The van der Waals surface area contributed by atoms with Gasteiger partial charge in [0.05, 0.1) is 11.6 Å². The van der Waals surface area contributed by atoms with Gasteiger partial charge in [0, 0.05) is 25.0 Å². The maximum absolute atomic E-state index is 12.2. The van der Waals surface area contributed by atoms with E-state index in [0.717, 1.165) is 0 Å². The molecule has 1 amide bonds. The van der Waals surface area contributed by atoms with Crippen molar-refractivity contribution in [1.82, 2.24) is 24.9 Å². The van der Waals surface area contributed by atoms with Gasteiger partial charge in [-0.3, -0.25) is 9.59 Å². The van der Waals surface area contributed by atoms with E-state index in [4.69, 9.17) is 16.3 Å². The van der Waals surface area contributed by atoms with Gasteiger partial charge in [0.25, 0.3) is 11.5 Å². The molecule has 0 fully saturated rings. The van der Waals surface area contributed by atoms with Crippen LogP contribution in [0.4, 0.5) is 0 Å². The molecule has 0 aliphatic heterocycles. The van der Waals surface area contributed by atoms with Crippen molar-refractivity contribution in [3.05, 3.63) is 70.2 Å². The summed E-state index contributed by atoms with van der Waals surface area (Å²) in [4.78, 5) is 24.1. The van der Waals surface area contributed by atoms with Crippen LogP contribution in [0.25, 0.3) is 5.82 Å². The molecule has 1 unspecified atom stereocenters. The van der Waals surface area contributed by atoms with Gasteiger partial charge in [-0.05, 0) is 31.2 Å². The molecule has 9 heteroatoms. The number of carbonyl (C=O) groups is 1. The predicted octanol–water partition coefficient (Wildman–Crippen LogP) is 1.67. The summed E-state index contributed by atoms with van der Waals surface area (Å²) in [5.41, 5.74) is -0.263. The summed E-state index contributed by atoms with van der Waals surface area (Å²) in [6.07, 6.45) is 2.62. The van der Waals surface area contributed by atoms with E-state index in [1.165, 1.54) is 10.7 Å². The van der Waals surface area contributed by atoms with Crippen LogP contribution in [0.15, 0.2) is 59.7 Å². The molecule has 0 saturated heterocycles. The lowest BCUT2D eigenvalue weighted by Crippen LogP contribution is -2.39. The fourth-order valence-electron chi connectivity index (χ4n) is 2.34. The summed E-state index contributed by atoms with van der Waals surface area (Å²) < 4.78 is 8.39. The number of halogens is 1. The topological polar surface area (TPSA) is 91.0 Å². The summed E-state index contributed by atoms with van der Waals surface area (Å²) in [6.45, 7) is 2.07. The van der Waals surface area contributed by atoms with E-state index in [9.17, 15) is 9.59 Å². The molecular weight excluding hydrogens is 370 g/mol. The molecular formula is C18H18ClN5O3. The van der Waals surface area contributed by atoms with E-state index >= 15 is 0 Å². The van der Waals surface area contributed by atoms with E-state index < -0.39 is 6.10 Å². The molecule has 0 radical (unpaired) electrons. The highest BCUT2D eigenvalue weighted by molar-refractivity contribution is 6.32. The minimum Gasteiger partial charge on any atom is -0.479 e. The largest absolute Gasteiger partial charge is 0.479 e. The lowest BCUT2D eigenvalue weighted by molar-refractivity contribution is -0.127. The van der Waals surface area contributed by atoms with E-state index in [1.807, 2.05) is 0 Å².